The fourth-order valence-corrected chi connectivity index (χ4v) is 2.27. The van der Waals surface area contributed by atoms with Gasteiger partial charge in [-0.25, -0.2) is 0 Å². The average molecular weight is 204 g/mol. The zero-order valence-corrected chi connectivity index (χ0v) is 9.11. The summed E-state index contributed by atoms with van der Waals surface area (Å²) < 4.78 is 5.44. The first-order chi connectivity index (χ1) is 6.38. The van der Waals surface area contributed by atoms with Gasteiger partial charge in [0.1, 0.15) is 0 Å². The molecule has 0 bridgehead atoms. The van der Waals surface area contributed by atoms with E-state index in [1.54, 1.807) is 0 Å². The van der Waals surface area contributed by atoms with E-state index in [2.05, 4.69) is 11.7 Å². The number of nitrogens with two attached hydrogens (primary N) is 1. The molecule has 1 aliphatic rings. The Labute approximate surface area is 84.7 Å². The standard InChI is InChI=1S/C9H20N2OS/c1-13-6-4-9(11-10)8-3-2-5-12-7-8/h8-9,11H,2-7,10H2,1H3. The van der Waals surface area contributed by atoms with Crippen LogP contribution >= 0.6 is 11.8 Å². The minimum atomic E-state index is 0.438. The molecular formula is C9H20N2OS. The molecule has 78 valence electrons. The monoisotopic (exact) mass is 204 g/mol. The first-order valence-corrected chi connectivity index (χ1v) is 6.30. The number of rotatable bonds is 5. The summed E-state index contributed by atoms with van der Waals surface area (Å²) in [6, 6.07) is 0.438. The zero-order chi connectivity index (χ0) is 9.52. The molecule has 13 heavy (non-hydrogen) atoms. The highest BCUT2D eigenvalue weighted by Crippen LogP contribution is 2.19. The van der Waals surface area contributed by atoms with E-state index < -0.39 is 0 Å². The van der Waals surface area contributed by atoms with Crippen LogP contribution in [0.1, 0.15) is 19.3 Å². The predicted octanol–water partition coefficient (Wildman–Crippen LogP) is 0.998. The summed E-state index contributed by atoms with van der Waals surface area (Å²) in [5, 5.41) is 0. The lowest BCUT2D eigenvalue weighted by atomic mass is 9.92. The Kier molecular flexibility index (Phi) is 5.78. The Morgan fingerprint density at radius 2 is 2.54 bits per heavy atom. The third-order valence-corrected chi connectivity index (χ3v) is 3.26. The molecule has 0 aromatic carbocycles. The van der Waals surface area contributed by atoms with Crippen molar-refractivity contribution >= 4 is 11.8 Å². The van der Waals surface area contributed by atoms with Crippen LogP contribution in [-0.2, 0) is 4.74 Å². The number of ether oxygens (including phenoxy) is 1. The molecule has 3 nitrogen and oxygen atoms in total. The van der Waals surface area contributed by atoms with E-state index in [1.807, 2.05) is 11.8 Å². The summed E-state index contributed by atoms with van der Waals surface area (Å²) in [6.45, 7) is 1.81. The highest BCUT2D eigenvalue weighted by Gasteiger charge is 2.22. The lowest BCUT2D eigenvalue weighted by Gasteiger charge is -2.29. The molecule has 1 aliphatic heterocycles. The van der Waals surface area contributed by atoms with E-state index in [-0.39, 0.29) is 0 Å². The summed E-state index contributed by atoms with van der Waals surface area (Å²) in [5.74, 6) is 7.32. The first-order valence-electron chi connectivity index (χ1n) is 4.91. The van der Waals surface area contributed by atoms with Crippen molar-refractivity contribution in [2.75, 3.05) is 25.2 Å². The Hall–Kier alpha value is 0.230. The van der Waals surface area contributed by atoms with E-state index in [1.165, 1.54) is 18.6 Å². The maximum absolute atomic E-state index is 5.53. The van der Waals surface area contributed by atoms with Crippen LogP contribution in [-0.4, -0.2) is 31.3 Å². The van der Waals surface area contributed by atoms with Crippen molar-refractivity contribution in [1.82, 2.24) is 5.43 Å². The lowest BCUT2D eigenvalue weighted by molar-refractivity contribution is 0.0389. The minimum Gasteiger partial charge on any atom is -0.381 e. The van der Waals surface area contributed by atoms with Crippen LogP contribution in [0.15, 0.2) is 0 Å². The molecule has 1 rings (SSSR count). The van der Waals surface area contributed by atoms with Crippen LogP contribution in [0.4, 0.5) is 0 Å². The molecule has 1 saturated heterocycles. The second kappa shape index (κ2) is 6.65. The van der Waals surface area contributed by atoms with E-state index in [0.717, 1.165) is 19.6 Å². The van der Waals surface area contributed by atoms with Gasteiger partial charge in [-0.3, -0.25) is 11.3 Å². The third-order valence-electron chi connectivity index (χ3n) is 2.61. The molecule has 4 heteroatoms. The molecule has 1 fully saturated rings. The zero-order valence-electron chi connectivity index (χ0n) is 8.29. The molecule has 2 atom stereocenters. The topological polar surface area (TPSA) is 47.3 Å². The van der Waals surface area contributed by atoms with E-state index >= 15 is 0 Å². The van der Waals surface area contributed by atoms with Gasteiger partial charge in [-0.15, -0.1) is 0 Å². The second-order valence-electron chi connectivity index (χ2n) is 3.53. The van der Waals surface area contributed by atoms with Gasteiger partial charge >= 0.3 is 0 Å². The van der Waals surface area contributed by atoms with Gasteiger partial charge in [0.05, 0.1) is 6.61 Å². The molecule has 0 aromatic heterocycles. The molecule has 0 spiro atoms. The number of hydrogen-bond donors (Lipinski definition) is 2. The minimum absolute atomic E-state index is 0.438. The van der Waals surface area contributed by atoms with Crippen molar-refractivity contribution in [1.29, 1.82) is 0 Å². The summed E-state index contributed by atoms with van der Waals surface area (Å²) in [6.07, 6.45) is 5.71. The van der Waals surface area contributed by atoms with Crippen LogP contribution in [0.3, 0.4) is 0 Å². The van der Waals surface area contributed by atoms with Crippen LogP contribution in [0, 0.1) is 5.92 Å². The van der Waals surface area contributed by atoms with E-state index in [0.29, 0.717) is 12.0 Å². The van der Waals surface area contributed by atoms with Crippen LogP contribution < -0.4 is 11.3 Å². The highest BCUT2D eigenvalue weighted by molar-refractivity contribution is 7.98. The smallest absolute Gasteiger partial charge is 0.0509 e. The fraction of sp³-hybridized carbons (Fsp3) is 1.00. The Bertz CT molecular complexity index is 129. The van der Waals surface area contributed by atoms with Gasteiger partial charge in [0, 0.05) is 12.6 Å². The maximum atomic E-state index is 5.53. The molecule has 0 aliphatic carbocycles. The van der Waals surface area contributed by atoms with Crippen molar-refractivity contribution < 1.29 is 4.74 Å². The van der Waals surface area contributed by atoms with Gasteiger partial charge in [-0.1, -0.05) is 0 Å². The van der Waals surface area contributed by atoms with Gasteiger partial charge in [0.15, 0.2) is 0 Å². The third kappa shape index (κ3) is 3.85. The van der Waals surface area contributed by atoms with Crippen molar-refractivity contribution in [2.45, 2.75) is 25.3 Å². The van der Waals surface area contributed by atoms with Crippen molar-refractivity contribution in [3.05, 3.63) is 0 Å². The van der Waals surface area contributed by atoms with E-state index in [9.17, 15) is 0 Å². The van der Waals surface area contributed by atoms with Crippen molar-refractivity contribution in [3.8, 4) is 0 Å². The SMILES string of the molecule is CSCCC(NN)C1CCCOC1. The molecule has 0 aromatic rings. The molecule has 0 amide bonds. The normalized spacial score (nSPS) is 25.8. The summed E-state index contributed by atoms with van der Waals surface area (Å²) in [5.41, 5.74) is 2.91. The van der Waals surface area contributed by atoms with Gasteiger partial charge < -0.3 is 4.74 Å². The highest BCUT2D eigenvalue weighted by atomic mass is 32.2. The largest absolute Gasteiger partial charge is 0.381 e. The fourth-order valence-electron chi connectivity index (χ4n) is 1.78. The Morgan fingerprint density at radius 3 is 3.08 bits per heavy atom. The Morgan fingerprint density at radius 1 is 1.69 bits per heavy atom. The molecule has 0 radical (unpaired) electrons. The van der Waals surface area contributed by atoms with Gasteiger partial charge in [0.2, 0.25) is 0 Å². The molecule has 2 unspecified atom stereocenters. The maximum Gasteiger partial charge on any atom is 0.0509 e. The van der Waals surface area contributed by atoms with Gasteiger partial charge in [-0.2, -0.15) is 11.8 Å². The van der Waals surface area contributed by atoms with Crippen LogP contribution in [0.25, 0.3) is 0 Å². The Balaban J connectivity index is 2.26. The predicted molar refractivity (Wildman–Crippen MR) is 57.7 cm³/mol. The van der Waals surface area contributed by atoms with Crippen molar-refractivity contribution in [2.24, 2.45) is 11.8 Å². The van der Waals surface area contributed by atoms with E-state index in [4.69, 9.17) is 10.6 Å². The number of nitrogens with one attached hydrogen (secondary N) is 1. The molecule has 1 heterocycles. The second-order valence-corrected chi connectivity index (χ2v) is 4.52. The van der Waals surface area contributed by atoms with Crippen LogP contribution in [0.5, 0.6) is 0 Å². The number of thioether (sulfide) groups is 1. The summed E-state index contributed by atoms with van der Waals surface area (Å²) in [7, 11) is 0. The summed E-state index contributed by atoms with van der Waals surface area (Å²) in [4.78, 5) is 0. The molecule has 0 saturated carbocycles. The van der Waals surface area contributed by atoms with Gasteiger partial charge in [0.25, 0.3) is 0 Å². The average Bonchev–Trinajstić information content (AvgIpc) is 2.21. The van der Waals surface area contributed by atoms with Crippen LogP contribution in [0.2, 0.25) is 0 Å². The van der Waals surface area contributed by atoms with Crippen molar-refractivity contribution in [3.63, 3.8) is 0 Å². The molecular weight excluding hydrogens is 184 g/mol. The molecule has 3 N–H and O–H groups in total. The summed E-state index contributed by atoms with van der Waals surface area (Å²) >= 11 is 1.87. The first kappa shape index (κ1) is 11.3. The number of hydrogen-bond acceptors (Lipinski definition) is 4. The lowest BCUT2D eigenvalue weighted by Crippen LogP contribution is -2.44. The number of hydrazine groups is 1. The quantitative estimate of drug-likeness (QED) is 0.518. The van der Waals surface area contributed by atoms with Gasteiger partial charge in [-0.05, 0) is 37.2 Å².